The molecule has 248 valence electrons. The number of rotatable bonds is 8. The molecule has 0 bridgehead atoms. The van der Waals surface area contributed by atoms with Crippen molar-refractivity contribution >= 4 is 43.8 Å². The van der Waals surface area contributed by atoms with E-state index >= 15 is 0 Å². The van der Waals surface area contributed by atoms with Crippen molar-refractivity contribution in [2.45, 2.75) is 83.2 Å². The summed E-state index contributed by atoms with van der Waals surface area (Å²) in [5.41, 5.74) is 17.7. The van der Waals surface area contributed by atoms with E-state index < -0.39 is 17.4 Å². The van der Waals surface area contributed by atoms with Crippen molar-refractivity contribution in [1.82, 2.24) is 0 Å². The first-order valence-electron chi connectivity index (χ1n) is 17.3. The Balaban J connectivity index is 0.00000250. The van der Waals surface area contributed by atoms with Crippen molar-refractivity contribution in [3.8, 4) is 22.3 Å². The van der Waals surface area contributed by atoms with E-state index in [0.29, 0.717) is 25.0 Å². The summed E-state index contributed by atoms with van der Waals surface area (Å²) in [7, 11) is 0. The van der Waals surface area contributed by atoms with Crippen LogP contribution < -0.4 is 0 Å². The quantitative estimate of drug-likeness (QED) is 0.157. The summed E-state index contributed by atoms with van der Waals surface area (Å²) >= 11 is -3.68. The third-order valence-corrected chi connectivity index (χ3v) is 28.4. The van der Waals surface area contributed by atoms with E-state index in [1.807, 2.05) is 0 Å². The van der Waals surface area contributed by atoms with E-state index in [1.54, 1.807) is 22.3 Å². The van der Waals surface area contributed by atoms with Crippen LogP contribution in [0.15, 0.2) is 96.1 Å². The van der Waals surface area contributed by atoms with Crippen LogP contribution in [0, 0.1) is 5.92 Å². The Morgan fingerprint density at radius 3 is 1.40 bits per heavy atom. The molecule has 47 heavy (non-hydrogen) atoms. The van der Waals surface area contributed by atoms with Gasteiger partial charge in [-0.2, -0.15) is 0 Å². The van der Waals surface area contributed by atoms with Crippen LogP contribution >= 0.6 is 24.8 Å². The first kappa shape index (κ1) is 37.9. The van der Waals surface area contributed by atoms with Gasteiger partial charge >= 0.3 is 277 Å². The van der Waals surface area contributed by atoms with E-state index in [2.05, 4.69) is 162 Å². The molecular weight excluding hydrogens is 707 g/mol. The molecule has 0 radical (unpaired) electrons. The van der Waals surface area contributed by atoms with Gasteiger partial charge in [0, 0.05) is 0 Å². The Kier molecular flexibility index (Phi) is 11.4. The zero-order valence-corrected chi connectivity index (χ0v) is 35.4. The molecule has 0 saturated heterocycles. The second kappa shape index (κ2) is 14.1. The van der Waals surface area contributed by atoms with Crippen LogP contribution in [0.4, 0.5) is 0 Å². The molecule has 0 aliphatic heterocycles. The fourth-order valence-electron chi connectivity index (χ4n) is 8.64. The smallest absolute Gasteiger partial charge is 0.147 e. The Bertz CT molecular complexity index is 1890. The molecule has 0 aromatic heterocycles. The molecule has 2 atom stereocenters. The molecule has 4 heteroatoms. The molecule has 4 aromatic carbocycles. The van der Waals surface area contributed by atoms with E-state index in [9.17, 15) is 0 Å². The third kappa shape index (κ3) is 6.67. The standard InChI is InChI=1S/C21H23.C20H21.2CH3.2ClH.H2Si.Zr/c1-14(2)16-8-10-17(11-9-16)20-7-5-6-18-12-19(15(3)4)13-21(18)20;1-4-15-12-18-6-5-7-19(20(18)13-15)17-10-8-16(9-11-17)14(2)3;;;;;;/h5-15H,1-4H3;5-14H,4H2,1-3H3;2*1H3;2*1H;1H2;. The third-order valence-electron chi connectivity index (χ3n) is 11.0. The Hall–Kier alpha value is -1.96. The van der Waals surface area contributed by atoms with Crippen LogP contribution in [0.3, 0.4) is 0 Å². The van der Waals surface area contributed by atoms with Crippen molar-refractivity contribution in [2.75, 3.05) is 0 Å². The van der Waals surface area contributed by atoms with Crippen LogP contribution in [0.1, 0.15) is 107 Å². The number of allylic oxidation sites excluding steroid dienone is 2. The SMILES string of the molecule is CCC1=Cc2c(-c3ccc(C(C)C)cc3)cccc2[CH]1[Zr]([CH3])([CH3])(=[SiH2])[CH]1C(C(C)C)=Cc2c(-c3ccc(C(C)C)cc3)cccc21.Cl.Cl. The zero-order chi connectivity index (χ0) is 32.3. The molecule has 0 fully saturated rings. The van der Waals surface area contributed by atoms with Gasteiger partial charge in [-0.05, 0) is 0 Å². The molecule has 2 aliphatic carbocycles. The summed E-state index contributed by atoms with van der Waals surface area (Å²) in [6.07, 6.45) is 6.32. The molecule has 0 amide bonds. The Morgan fingerprint density at radius 2 is 1.00 bits per heavy atom. The minimum atomic E-state index is -3.68. The van der Waals surface area contributed by atoms with Gasteiger partial charge in [0.2, 0.25) is 0 Å². The van der Waals surface area contributed by atoms with Gasteiger partial charge in [0.05, 0.1) is 0 Å². The topological polar surface area (TPSA) is 0 Å². The second-order valence-corrected chi connectivity index (χ2v) is 46.3. The maximum atomic E-state index is 2.78. The maximum Gasteiger partial charge on any atom is -0.147 e. The summed E-state index contributed by atoms with van der Waals surface area (Å²) in [6, 6.07) is 33.0. The van der Waals surface area contributed by atoms with Crippen LogP contribution in [-0.4, -0.2) is 6.88 Å². The van der Waals surface area contributed by atoms with E-state index in [0.717, 1.165) is 6.42 Å². The fraction of sp³-hybridized carbons (Fsp3) is 0.349. The molecule has 2 aliphatic rings. The number of benzene rings is 4. The van der Waals surface area contributed by atoms with Gasteiger partial charge in [0.15, 0.2) is 0 Å². The number of hydrogen-bond acceptors (Lipinski definition) is 0. The molecular formula is C43H54Cl2SiZr. The molecule has 0 nitrogen and oxygen atoms in total. The van der Waals surface area contributed by atoms with E-state index in [1.165, 1.54) is 44.5 Å². The zero-order valence-electron chi connectivity index (χ0n) is 29.9. The fourth-order valence-corrected chi connectivity index (χ4v) is 28.7. The minimum Gasteiger partial charge on any atom is -0.147 e. The van der Waals surface area contributed by atoms with E-state index in [4.69, 9.17) is 0 Å². The summed E-state index contributed by atoms with van der Waals surface area (Å²) in [4.78, 5) is 0. The summed E-state index contributed by atoms with van der Waals surface area (Å²) in [5, 5.41) is 0. The number of fused-ring (bicyclic) bond motifs is 2. The maximum absolute atomic E-state index is 3.68. The average molecular weight is 761 g/mol. The molecule has 0 heterocycles. The Labute approximate surface area is 299 Å². The molecule has 2 unspecified atom stereocenters. The Morgan fingerprint density at radius 1 is 0.574 bits per heavy atom. The predicted molar refractivity (Wildman–Crippen MR) is 213 cm³/mol. The van der Waals surface area contributed by atoms with Crippen LogP contribution in [0.2, 0.25) is 9.26 Å². The van der Waals surface area contributed by atoms with Crippen LogP contribution in [-0.2, 0) is 17.4 Å². The van der Waals surface area contributed by atoms with Gasteiger partial charge in [-0.15, -0.1) is 24.8 Å². The average Bonchev–Trinajstić information content (AvgIpc) is 3.62. The molecule has 4 aromatic rings. The van der Waals surface area contributed by atoms with Gasteiger partial charge < -0.3 is 0 Å². The van der Waals surface area contributed by atoms with Gasteiger partial charge in [-0.1, -0.05) is 0 Å². The van der Waals surface area contributed by atoms with Crippen molar-refractivity contribution in [3.05, 3.63) is 129 Å². The van der Waals surface area contributed by atoms with Gasteiger partial charge in [-0.25, -0.2) is 0 Å². The molecule has 0 saturated carbocycles. The number of hydrogen-bond donors (Lipinski definition) is 0. The minimum absolute atomic E-state index is 0. The number of halogens is 2. The normalized spacial score (nSPS) is 17.2. The van der Waals surface area contributed by atoms with Crippen molar-refractivity contribution in [3.63, 3.8) is 0 Å². The summed E-state index contributed by atoms with van der Waals surface area (Å²) in [5.74, 6) is 1.60. The first-order valence-corrected chi connectivity index (χ1v) is 30.9. The summed E-state index contributed by atoms with van der Waals surface area (Å²) in [6.45, 7) is 18.8. The van der Waals surface area contributed by atoms with Gasteiger partial charge in [-0.3, -0.25) is 0 Å². The van der Waals surface area contributed by atoms with Gasteiger partial charge in [0.25, 0.3) is 0 Å². The van der Waals surface area contributed by atoms with Crippen LogP contribution in [0.25, 0.3) is 34.4 Å². The molecule has 6 rings (SSSR count). The molecule has 0 spiro atoms. The van der Waals surface area contributed by atoms with Crippen molar-refractivity contribution in [2.24, 2.45) is 5.92 Å². The van der Waals surface area contributed by atoms with E-state index in [-0.39, 0.29) is 24.8 Å². The monoisotopic (exact) mass is 758 g/mol. The molecule has 0 N–H and O–H groups in total. The largest absolute Gasteiger partial charge is 0.147 e. The summed E-state index contributed by atoms with van der Waals surface area (Å²) < 4.78 is 6.63. The predicted octanol–water partition coefficient (Wildman–Crippen LogP) is 13.1. The van der Waals surface area contributed by atoms with Crippen molar-refractivity contribution < 1.29 is 17.4 Å². The van der Waals surface area contributed by atoms with Gasteiger partial charge in [0.1, 0.15) is 0 Å². The first-order chi connectivity index (χ1) is 21.3. The van der Waals surface area contributed by atoms with Crippen molar-refractivity contribution in [1.29, 1.82) is 0 Å². The second-order valence-electron chi connectivity index (χ2n) is 15.8. The van der Waals surface area contributed by atoms with Crippen LogP contribution in [0.5, 0.6) is 0 Å².